The Labute approximate surface area is 114 Å². The molecule has 0 saturated heterocycles. The molecular weight excluding hydrogens is 240 g/mol. The molecule has 3 nitrogen and oxygen atoms in total. The van der Waals surface area contributed by atoms with Gasteiger partial charge in [-0.25, -0.2) is 4.79 Å². The molecule has 3 heteroatoms. The summed E-state index contributed by atoms with van der Waals surface area (Å²) in [4.78, 5) is 22.3. The number of carbonyl (C=O) groups excluding carboxylic acids is 1. The number of hydrogen-bond acceptors (Lipinski definition) is 3. The SMILES string of the molecule is Cc1cc(C)c(C(=O)OO[C]2CCCCC2)c(C)c1. The summed E-state index contributed by atoms with van der Waals surface area (Å²) >= 11 is 0. The van der Waals surface area contributed by atoms with E-state index >= 15 is 0 Å². The van der Waals surface area contributed by atoms with E-state index in [0.29, 0.717) is 5.56 Å². The maximum atomic E-state index is 12.1. The van der Waals surface area contributed by atoms with Gasteiger partial charge in [0, 0.05) is 0 Å². The van der Waals surface area contributed by atoms with Gasteiger partial charge in [-0.3, -0.25) is 4.89 Å². The highest BCUT2D eigenvalue weighted by molar-refractivity contribution is 5.92. The average molecular weight is 261 g/mol. The molecule has 0 aliphatic heterocycles. The van der Waals surface area contributed by atoms with E-state index in [9.17, 15) is 4.79 Å². The Bertz CT molecular complexity index is 436. The molecule has 0 N–H and O–H groups in total. The van der Waals surface area contributed by atoms with Gasteiger partial charge in [-0.15, -0.1) is 0 Å². The van der Waals surface area contributed by atoms with Crippen LogP contribution in [-0.4, -0.2) is 5.97 Å². The van der Waals surface area contributed by atoms with Gasteiger partial charge in [-0.2, -0.15) is 4.89 Å². The summed E-state index contributed by atoms with van der Waals surface area (Å²) < 4.78 is 0. The normalized spacial score (nSPS) is 16.4. The van der Waals surface area contributed by atoms with Gasteiger partial charge in [0.15, 0.2) is 0 Å². The Hall–Kier alpha value is -1.35. The largest absolute Gasteiger partial charge is 0.373 e. The van der Waals surface area contributed by atoms with Crippen molar-refractivity contribution >= 4 is 5.97 Å². The Morgan fingerprint density at radius 1 is 1.00 bits per heavy atom. The second kappa shape index (κ2) is 6.20. The highest BCUT2D eigenvalue weighted by atomic mass is 17.2. The summed E-state index contributed by atoms with van der Waals surface area (Å²) in [7, 11) is 0. The minimum absolute atomic E-state index is 0.395. The van der Waals surface area contributed by atoms with Crippen LogP contribution in [0, 0.1) is 26.9 Å². The minimum atomic E-state index is -0.395. The third-order valence-electron chi connectivity index (χ3n) is 3.53. The first kappa shape index (κ1) is 14.1. The van der Waals surface area contributed by atoms with Gasteiger partial charge < -0.3 is 0 Å². The fourth-order valence-corrected chi connectivity index (χ4v) is 2.67. The molecule has 0 unspecified atom stereocenters. The van der Waals surface area contributed by atoms with Crippen LogP contribution in [0.4, 0.5) is 0 Å². The van der Waals surface area contributed by atoms with E-state index in [-0.39, 0.29) is 0 Å². The van der Waals surface area contributed by atoms with Gasteiger partial charge in [0.05, 0.1) is 5.56 Å². The van der Waals surface area contributed by atoms with Crippen LogP contribution in [0.1, 0.15) is 59.2 Å². The third kappa shape index (κ3) is 3.57. The zero-order chi connectivity index (χ0) is 13.8. The fourth-order valence-electron chi connectivity index (χ4n) is 2.67. The van der Waals surface area contributed by atoms with Crippen LogP contribution >= 0.6 is 0 Å². The summed E-state index contributed by atoms with van der Waals surface area (Å²) in [6, 6.07) is 3.97. The highest BCUT2D eigenvalue weighted by Gasteiger charge is 2.20. The van der Waals surface area contributed by atoms with Gasteiger partial charge in [0.2, 0.25) is 0 Å². The van der Waals surface area contributed by atoms with Crippen molar-refractivity contribution in [2.75, 3.05) is 0 Å². The quantitative estimate of drug-likeness (QED) is 0.604. The van der Waals surface area contributed by atoms with E-state index in [1.165, 1.54) is 6.42 Å². The van der Waals surface area contributed by atoms with Crippen LogP contribution in [0.5, 0.6) is 0 Å². The maximum Gasteiger partial charge on any atom is 0.373 e. The van der Waals surface area contributed by atoms with Gasteiger partial charge in [0.1, 0.15) is 6.10 Å². The standard InChI is InChI=1S/C16H21O3/c1-11-9-12(2)15(13(3)10-11)16(17)19-18-14-7-5-4-6-8-14/h9-10H,4-8H2,1-3H3. The Morgan fingerprint density at radius 3 is 2.16 bits per heavy atom. The summed E-state index contributed by atoms with van der Waals surface area (Å²) in [5, 5.41) is 0. The zero-order valence-corrected chi connectivity index (χ0v) is 11.9. The molecule has 1 fully saturated rings. The molecule has 1 radical (unpaired) electrons. The molecule has 0 heterocycles. The zero-order valence-electron chi connectivity index (χ0n) is 11.9. The lowest BCUT2D eigenvalue weighted by atomic mass is 9.98. The van der Waals surface area contributed by atoms with Crippen molar-refractivity contribution in [2.24, 2.45) is 0 Å². The van der Waals surface area contributed by atoms with Gasteiger partial charge in [-0.05, 0) is 44.7 Å². The Kier molecular flexibility index (Phi) is 4.59. The second-order valence-corrected chi connectivity index (χ2v) is 5.33. The highest BCUT2D eigenvalue weighted by Crippen LogP contribution is 2.27. The number of hydrogen-bond donors (Lipinski definition) is 0. The van der Waals surface area contributed by atoms with Crippen molar-refractivity contribution in [3.63, 3.8) is 0 Å². The van der Waals surface area contributed by atoms with Crippen molar-refractivity contribution in [3.8, 4) is 0 Å². The van der Waals surface area contributed by atoms with Crippen molar-refractivity contribution in [2.45, 2.75) is 52.9 Å². The van der Waals surface area contributed by atoms with Gasteiger partial charge >= 0.3 is 5.97 Å². The molecule has 0 atom stereocenters. The van der Waals surface area contributed by atoms with E-state index < -0.39 is 5.97 Å². The molecule has 1 aromatic rings. The summed E-state index contributed by atoms with van der Waals surface area (Å²) in [5.74, 6) is -0.395. The maximum absolute atomic E-state index is 12.1. The lowest BCUT2D eigenvalue weighted by Gasteiger charge is -2.19. The van der Waals surface area contributed by atoms with E-state index in [0.717, 1.165) is 48.5 Å². The lowest BCUT2D eigenvalue weighted by Crippen LogP contribution is -2.14. The lowest BCUT2D eigenvalue weighted by molar-refractivity contribution is -0.239. The molecule has 0 spiro atoms. The van der Waals surface area contributed by atoms with Crippen molar-refractivity contribution in [1.82, 2.24) is 0 Å². The van der Waals surface area contributed by atoms with Crippen LogP contribution < -0.4 is 0 Å². The summed E-state index contributed by atoms with van der Waals surface area (Å²) in [6.45, 7) is 5.86. The summed E-state index contributed by atoms with van der Waals surface area (Å²) in [6.07, 6.45) is 6.17. The van der Waals surface area contributed by atoms with E-state index in [4.69, 9.17) is 9.78 Å². The number of rotatable bonds is 3. The smallest absolute Gasteiger partial charge is 0.292 e. The monoisotopic (exact) mass is 261 g/mol. The molecule has 0 bridgehead atoms. The molecule has 0 aromatic heterocycles. The molecule has 1 aliphatic carbocycles. The van der Waals surface area contributed by atoms with Crippen LogP contribution in [0.25, 0.3) is 0 Å². The topological polar surface area (TPSA) is 35.5 Å². The Balaban J connectivity index is 1.99. The van der Waals surface area contributed by atoms with Crippen molar-refractivity contribution in [1.29, 1.82) is 0 Å². The second-order valence-electron chi connectivity index (χ2n) is 5.33. The van der Waals surface area contributed by atoms with Crippen molar-refractivity contribution < 1.29 is 14.6 Å². The molecular formula is C16H21O3. The van der Waals surface area contributed by atoms with Gasteiger partial charge in [0.25, 0.3) is 0 Å². The van der Waals surface area contributed by atoms with E-state index in [1.807, 2.05) is 32.9 Å². The summed E-state index contributed by atoms with van der Waals surface area (Å²) in [5.41, 5.74) is 3.62. The molecule has 103 valence electrons. The Morgan fingerprint density at radius 2 is 1.58 bits per heavy atom. The van der Waals surface area contributed by atoms with E-state index in [1.54, 1.807) is 0 Å². The molecule has 1 aliphatic rings. The number of carbonyl (C=O) groups is 1. The fraction of sp³-hybridized carbons (Fsp3) is 0.500. The molecule has 2 rings (SSSR count). The predicted octanol–water partition coefficient (Wildman–Crippen LogP) is 4.20. The number of aryl methyl sites for hydroxylation is 3. The van der Waals surface area contributed by atoms with Crippen molar-refractivity contribution in [3.05, 3.63) is 40.5 Å². The first-order chi connectivity index (χ1) is 9.08. The molecule has 19 heavy (non-hydrogen) atoms. The molecule has 0 amide bonds. The predicted molar refractivity (Wildman–Crippen MR) is 73.5 cm³/mol. The van der Waals surface area contributed by atoms with E-state index in [2.05, 4.69) is 0 Å². The van der Waals surface area contributed by atoms with Crippen LogP contribution in [-0.2, 0) is 9.78 Å². The van der Waals surface area contributed by atoms with Crippen LogP contribution in [0.3, 0.4) is 0 Å². The van der Waals surface area contributed by atoms with Gasteiger partial charge in [-0.1, -0.05) is 37.0 Å². The average Bonchev–Trinajstić information content (AvgIpc) is 2.36. The van der Waals surface area contributed by atoms with Crippen LogP contribution in [0.2, 0.25) is 0 Å². The number of benzene rings is 1. The van der Waals surface area contributed by atoms with Crippen LogP contribution in [0.15, 0.2) is 12.1 Å². The molecule has 1 saturated carbocycles. The first-order valence-electron chi connectivity index (χ1n) is 6.89. The minimum Gasteiger partial charge on any atom is -0.292 e. The molecule has 1 aromatic carbocycles. The first-order valence-corrected chi connectivity index (χ1v) is 6.89. The third-order valence-corrected chi connectivity index (χ3v) is 3.53.